The number of rotatable bonds is 4. The zero-order valence-corrected chi connectivity index (χ0v) is 14.3. The molecule has 1 fully saturated rings. The van der Waals surface area contributed by atoms with Crippen LogP contribution in [0.5, 0.6) is 5.75 Å². The number of carboxylic acids is 1. The number of carboxylic acid groups (broad SMARTS) is 1. The molecule has 0 radical (unpaired) electrons. The van der Waals surface area contributed by atoms with E-state index < -0.39 is 24.0 Å². The molecule has 7 heteroatoms. The molecular weight excluding hydrogens is 322 g/mol. The second kappa shape index (κ2) is 6.73. The van der Waals surface area contributed by atoms with Crippen molar-refractivity contribution in [1.82, 2.24) is 9.80 Å². The minimum atomic E-state index is -1.14. The number of likely N-dealkylation sites (tertiary alicyclic amines) is 1. The summed E-state index contributed by atoms with van der Waals surface area (Å²) in [5.74, 6) is -1.16. The summed E-state index contributed by atoms with van der Waals surface area (Å²) in [5.41, 5.74) is 0.840. The predicted molar refractivity (Wildman–Crippen MR) is 89.2 cm³/mol. The second-order valence-electron chi connectivity index (χ2n) is 6.60. The molecule has 0 bridgehead atoms. The van der Waals surface area contributed by atoms with Crippen LogP contribution in [0.1, 0.15) is 41.7 Å². The molecule has 1 aromatic rings. The average molecular weight is 343 g/mol. The lowest BCUT2D eigenvalue weighted by molar-refractivity contribution is -0.142. The van der Waals surface area contributed by atoms with Crippen LogP contribution in [0.2, 0.25) is 0 Å². The van der Waals surface area contributed by atoms with Crippen LogP contribution in [0.15, 0.2) is 18.2 Å². The molecular formula is C18H21N3O4. The molecule has 0 aromatic heterocycles. The summed E-state index contributed by atoms with van der Waals surface area (Å²) in [6.45, 7) is 3.27. The maximum absolute atomic E-state index is 12.8. The number of benzene rings is 1. The Morgan fingerprint density at radius 1 is 1.40 bits per heavy atom. The van der Waals surface area contributed by atoms with Gasteiger partial charge in [-0.3, -0.25) is 4.79 Å². The first-order chi connectivity index (χ1) is 11.9. The number of carbonyl (C=O) groups excluding carboxylic acids is 1. The van der Waals surface area contributed by atoms with Gasteiger partial charge in [0.15, 0.2) is 0 Å². The van der Waals surface area contributed by atoms with Crippen molar-refractivity contribution in [2.24, 2.45) is 0 Å². The van der Waals surface area contributed by atoms with E-state index in [9.17, 15) is 20.0 Å². The third-order valence-electron chi connectivity index (χ3n) is 4.94. The number of nitriles is 1. The predicted octanol–water partition coefficient (Wildman–Crippen LogP) is 1.65. The smallest absolute Gasteiger partial charge is 0.326 e. The molecule has 0 spiro atoms. The van der Waals surface area contributed by atoms with Crippen molar-refractivity contribution in [3.05, 3.63) is 29.3 Å². The van der Waals surface area contributed by atoms with Crippen LogP contribution in [0.3, 0.4) is 0 Å². The lowest BCUT2D eigenvalue weighted by atomic mass is 10.0. The van der Waals surface area contributed by atoms with Gasteiger partial charge in [-0.05, 0) is 32.9 Å². The number of hydrogen-bond acceptors (Lipinski definition) is 5. The minimum absolute atomic E-state index is 0.0157. The maximum Gasteiger partial charge on any atom is 0.326 e. The highest BCUT2D eigenvalue weighted by Crippen LogP contribution is 2.40. The molecule has 1 N–H and O–H groups in total. The lowest BCUT2D eigenvalue weighted by Crippen LogP contribution is -2.41. The Morgan fingerprint density at radius 3 is 2.68 bits per heavy atom. The number of fused-ring (bicyclic) bond motifs is 1. The molecule has 1 aromatic carbocycles. The van der Waals surface area contributed by atoms with Crippen molar-refractivity contribution >= 4 is 11.9 Å². The first-order valence-corrected chi connectivity index (χ1v) is 8.37. The fourth-order valence-corrected chi connectivity index (χ4v) is 3.43. The highest BCUT2D eigenvalue weighted by Gasteiger charge is 2.43. The summed E-state index contributed by atoms with van der Waals surface area (Å²) in [7, 11) is 2.06. The summed E-state index contributed by atoms with van der Waals surface area (Å²) < 4.78 is 6.07. The Kier molecular flexibility index (Phi) is 4.64. The van der Waals surface area contributed by atoms with Gasteiger partial charge in [-0.1, -0.05) is 12.1 Å². The van der Waals surface area contributed by atoms with Crippen molar-refractivity contribution in [1.29, 1.82) is 5.26 Å². The van der Waals surface area contributed by atoms with Gasteiger partial charge in [-0.25, -0.2) is 4.79 Å². The Hall–Kier alpha value is -2.59. The van der Waals surface area contributed by atoms with Crippen molar-refractivity contribution in [3.63, 3.8) is 0 Å². The normalized spacial score (nSPS) is 22.4. The van der Waals surface area contributed by atoms with Gasteiger partial charge in [-0.2, -0.15) is 5.26 Å². The molecule has 2 aliphatic heterocycles. The molecule has 0 aliphatic carbocycles. The number of nitrogens with zero attached hydrogens (tertiary/aromatic N) is 3. The molecule has 2 aliphatic rings. The number of amides is 1. The Morgan fingerprint density at radius 2 is 2.08 bits per heavy atom. The van der Waals surface area contributed by atoms with Crippen molar-refractivity contribution in [3.8, 4) is 11.8 Å². The quantitative estimate of drug-likeness (QED) is 0.893. The van der Waals surface area contributed by atoms with Gasteiger partial charge in [0.05, 0.1) is 11.6 Å². The third-order valence-corrected chi connectivity index (χ3v) is 4.94. The number of aliphatic carboxylic acids is 1. The fourth-order valence-electron chi connectivity index (χ4n) is 3.43. The van der Waals surface area contributed by atoms with Crippen molar-refractivity contribution in [2.75, 3.05) is 20.1 Å². The largest absolute Gasteiger partial charge is 0.489 e. The third kappa shape index (κ3) is 3.05. The molecule has 0 saturated carbocycles. The summed E-state index contributed by atoms with van der Waals surface area (Å²) >= 11 is 0. The molecule has 132 valence electrons. The molecule has 2 heterocycles. The standard InChI is InChI=1S/C18H21N3O4/c1-11(18(23)24)21-14(10-19)13-4-3-5-15(16(13)17(21)22)25-12-6-8-20(2)9-7-12/h3-5,11-12,14H,6-9H2,1-2H3,(H,23,24). The number of hydrogen-bond donors (Lipinski definition) is 1. The van der Waals surface area contributed by atoms with Gasteiger partial charge in [0.25, 0.3) is 5.91 Å². The van der Waals surface area contributed by atoms with Crippen LogP contribution in [-0.2, 0) is 4.79 Å². The van der Waals surface area contributed by atoms with Gasteiger partial charge in [0.1, 0.15) is 23.9 Å². The number of carbonyl (C=O) groups is 2. The molecule has 1 saturated heterocycles. The van der Waals surface area contributed by atoms with Gasteiger partial charge in [0.2, 0.25) is 0 Å². The van der Waals surface area contributed by atoms with Crippen LogP contribution in [-0.4, -0.2) is 59.1 Å². The highest BCUT2D eigenvalue weighted by atomic mass is 16.5. The fraction of sp³-hybridized carbons (Fsp3) is 0.500. The van der Waals surface area contributed by atoms with Crippen molar-refractivity contribution in [2.45, 2.75) is 38.0 Å². The molecule has 25 heavy (non-hydrogen) atoms. The van der Waals surface area contributed by atoms with E-state index in [-0.39, 0.29) is 6.10 Å². The van der Waals surface area contributed by atoms with Gasteiger partial charge >= 0.3 is 5.97 Å². The van der Waals surface area contributed by atoms with Crippen LogP contribution < -0.4 is 4.74 Å². The molecule has 2 atom stereocenters. The summed E-state index contributed by atoms with van der Waals surface area (Å²) in [4.78, 5) is 27.5. The van der Waals surface area contributed by atoms with Crippen LogP contribution in [0, 0.1) is 11.3 Å². The van der Waals surface area contributed by atoms with Crippen LogP contribution in [0.25, 0.3) is 0 Å². The summed E-state index contributed by atoms with van der Waals surface area (Å²) in [6.07, 6.45) is 1.75. The molecule has 7 nitrogen and oxygen atoms in total. The molecule has 1 amide bonds. The molecule has 3 rings (SSSR count). The van der Waals surface area contributed by atoms with Crippen LogP contribution >= 0.6 is 0 Å². The van der Waals surface area contributed by atoms with Gasteiger partial charge in [0, 0.05) is 18.7 Å². The van der Waals surface area contributed by atoms with E-state index in [1.165, 1.54) is 6.92 Å². The van der Waals surface area contributed by atoms with Gasteiger partial charge in [-0.15, -0.1) is 0 Å². The Balaban J connectivity index is 1.92. The van der Waals surface area contributed by atoms with E-state index in [4.69, 9.17) is 4.74 Å². The SMILES string of the molecule is CC(C(=O)O)N1C(=O)c2c(OC3CCN(C)CC3)cccc2C1C#N. The number of ether oxygens (including phenoxy) is 1. The van der Waals surface area contributed by atoms with E-state index in [0.29, 0.717) is 16.9 Å². The monoisotopic (exact) mass is 343 g/mol. The summed E-state index contributed by atoms with van der Waals surface area (Å²) in [5, 5.41) is 18.8. The van der Waals surface area contributed by atoms with E-state index in [2.05, 4.69) is 18.0 Å². The topological polar surface area (TPSA) is 93.9 Å². The number of piperidine rings is 1. The first-order valence-electron chi connectivity index (χ1n) is 8.37. The zero-order valence-electron chi connectivity index (χ0n) is 14.3. The highest BCUT2D eigenvalue weighted by molar-refractivity contribution is 6.04. The first kappa shape index (κ1) is 17.2. The van der Waals surface area contributed by atoms with E-state index in [0.717, 1.165) is 30.8 Å². The van der Waals surface area contributed by atoms with E-state index in [1.54, 1.807) is 18.2 Å². The average Bonchev–Trinajstić information content (AvgIpc) is 2.89. The molecule has 2 unspecified atom stereocenters. The van der Waals surface area contributed by atoms with Gasteiger partial charge < -0.3 is 19.6 Å². The zero-order chi connectivity index (χ0) is 18.1. The van der Waals surface area contributed by atoms with Crippen molar-refractivity contribution < 1.29 is 19.4 Å². The van der Waals surface area contributed by atoms with E-state index >= 15 is 0 Å². The maximum atomic E-state index is 12.8. The lowest BCUT2D eigenvalue weighted by Gasteiger charge is -2.29. The summed E-state index contributed by atoms with van der Waals surface area (Å²) in [6, 6.07) is 5.22. The second-order valence-corrected chi connectivity index (χ2v) is 6.60. The van der Waals surface area contributed by atoms with E-state index in [1.807, 2.05) is 0 Å². The van der Waals surface area contributed by atoms with Crippen LogP contribution in [0.4, 0.5) is 0 Å². The minimum Gasteiger partial charge on any atom is -0.489 e. The Labute approximate surface area is 146 Å². The Bertz CT molecular complexity index is 734.